The van der Waals surface area contributed by atoms with Crippen LogP contribution >= 0.6 is 11.6 Å². The summed E-state index contributed by atoms with van der Waals surface area (Å²) in [4.78, 5) is 6.62. The van der Waals surface area contributed by atoms with Crippen molar-refractivity contribution in [3.05, 3.63) is 46.6 Å². The van der Waals surface area contributed by atoms with Gasteiger partial charge in [-0.2, -0.15) is 4.98 Å². The van der Waals surface area contributed by atoms with Gasteiger partial charge in [-0.25, -0.2) is 0 Å². The maximum Gasteiger partial charge on any atom is 0.232 e. The zero-order valence-electron chi connectivity index (χ0n) is 10.1. The highest BCUT2D eigenvalue weighted by molar-refractivity contribution is 6.30. The lowest BCUT2D eigenvalue weighted by Crippen LogP contribution is -2.44. The average molecular weight is 264 g/mol. The van der Waals surface area contributed by atoms with Crippen LogP contribution in [0.15, 0.2) is 28.8 Å². The summed E-state index contributed by atoms with van der Waals surface area (Å²) >= 11 is 5.86. The van der Waals surface area contributed by atoms with Crippen molar-refractivity contribution in [3.8, 4) is 0 Å². The number of hydrogen-bond donors (Lipinski definition) is 0. The van der Waals surface area contributed by atoms with Crippen LogP contribution in [0.5, 0.6) is 0 Å². The van der Waals surface area contributed by atoms with Crippen LogP contribution in [-0.2, 0) is 6.54 Å². The number of likely N-dealkylation sites (tertiary alicyclic amines) is 1. The molecule has 0 unspecified atom stereocenters. The Kier molecular flexibility index (Phi) is 3.06. The minimum absolute atomic E-state index is 0.388. The molecule has 0 N–H and O–H groups in total. The number of hydrogen-bond acceptors (Lipinski definition) is 4. The Morgan fingerprint density at radius 2 is 2.06 bits per heavy atom. The van der Waals surface area contributed by atoms with Crippen LogP contribution in [0.2, 0.25) is 5.02 Å². The maximum atomic E-state index is 5.86. The molecule has 2 aromatic rings. The van der Waals surface area contributed by atoms with E-state index in [1.165, 1.54) is 5.56 Å². The molecule has 3 rings (SSSR count). The fraction of sp³-hybridized carbons (Fsp3) is 0.385. The average Bonchev–Trinajstić information content (AvgIpc) is 2.72. The predicted molar refractivity (Wildman–Crippen MR) is 68.5 cm³/mol. The van der Waals surface area contributed by atoms with Gasteiger partial charge in [0.2, 0.25) is 5.89 Å². The monoisotopic (exact) mass is 263 g/mol. The van der Waals surface area contributed by atoms with Crippen LogP contribution in [0, 0.1) is 6.92 Å². The fourth-order valence-corrected chi connectivity index (χ4v) is 2.31. The van der Waals surface area contributed by atoms with E-state index in [2.05, 4.69) is 27.2 Å². The lowest BCUT2D eigenvalue weighted by molar-refractivity contribution is 0.117. The van der Waals surface area contributed by atoms with Gasteiger partial charge in [0.25, 0.3) is 0 Å². The van der Waals surface area contributed by atoms with Gasteiger partial charge in [0.15, 0.2) is 5.82 Å². The van der Waals surface area contributed by atoms with Crippen molar-refractivity contribution in [1.82, 2.24) is 15.0 Å². The Morgan fingerprint density at radius 1 is 1.33 bits per heavy atom. The highest BCUT2D eigenvalue weighted by atomic mass is 35.5. The summed E-state index contributed by atoms with van der Waals surface area (Å²) in [5.74, 6) is 1.86. The molecule has 2 heterocycles. The van der Waals surface area contributed by atoms with Gasteiger partial charge in [-0.3, -0.25) is 4.90 Å². The number of halogens is 1. The van der Waals surface area contributed by atoms with Gasteiger partial charge in [0, 0.05) is 24.7 Å². The number of rotatable bonds is 3. The number of aryl methyl sites for hydroxylation is 1. The smallest absolute Gasteiger partial charge is 0.232 e. The zero-order valence-corrected chi connectivity index (χ0v) is 10.9. The first-order valence-electron chi connectivity index (χ1n) is 5.98. The summed E-state index contributed by atoms with van der Waals surface area (Å²) in [5, 5.41) is 4.60. The largest absolute Gasteiger partial charge is 0.339 e. The second kappa shape index (κ2) is 4.71. The Labute approximate surface area is 111 Å². The molecule has 0 amide bonds. The Balaban J connectivity index is 1.55. The maximum absolute atomic E-state index is 5.86. The quantitative estimate of drug-likeness (QED) is 0.854. The van der Waals surface area contributed by atoms with Crippen LogP contribution in [0.25, 0.3) is 0 Å². The SMILES string of the molecule is Cc1noc(C2CN(Cc3ccc(Cl)cc3)C2)n1. The Morgan fingerprint density at radius 3 is 2.67 bits per heavy atom. The van der Waals surface area contributed by atoms with E-state index in [9.17, 15) is 0 Å². The molecule has 1 aromatic heterocycles. The van der Waals surface area contributed by atoms with Crippen molar-refractivity contribution in [3.63, 3.8) is 0 Å². The summed E-state index contributed by atoms with van der Waals surface area (Å²) in [7, 11) is 0. The zero-order chi connectivity index (χ0) is 12.5. The minimum Gasteiger partial charge on any atom is -0.339 e. The van der Waals surface area contributed by atoms with Gasteiger partial charge in [0.1, 0.15) is 0 Å². The van der Waals surface area contributed by atoms with Gasteiger partial charge in [-0.15, -0.1) is 0 Å². The first kappa shape index (κ1) is 11.7. The highest BCUT2D eigenvalue weighted by Gasteiger charge is 2.32. The molecule has 0 bridgehead atoms. The molecule has 1 aliphatic rings. The van der Waals surface area contributed by atoms with E-state index in [-0.39, 0.29) is 0 Å². The molecule has 0 spiro atoms. The molecule has 1 saturated heterocycles. The first-order chi connectivity index (χ1) is 8.70. The molecule has 5 heteroatoms. The summed E-state index contributed by atoms with van der Waals surface area (Å²) < 4.78 is 5.18. The third-order valence-corrected chi connectivity index (χ3v) is 3.42. The number of nitrogens with zero attached hydrogens (tertiary/aromatic N) is 3. The summed E-state index contributed by atoms with van der Waals surface area (Å²) in [6.45, 7) is 4.74. The molecule has 0 aliphatic carbocycles. The Hall–Kier alpha value is -1.39. The fourth-order valence-electron chi connectivity index (χ4n) is 2.18. The molecule has 4 nitrogen and oxygen atoms in total. The minimum atomic E-state index is 0.388. The van der Waals surface area contributed by atoms with Crippen LogP contribution in [-0.4, -0.2) is 28.1 Å². The van der Waals surface area contributed by atoms with Crippen molar-refractivity contribution in [2.75, 3.05) is 13.1 Å². The molecular weight excluding hydrogens is 250 g/mol. The van der Waals surface area contributed by atoms with E-state index in [0.717, 1.165) is 30.5 Å². The van der Waals surface area contributed by atoms with Gasteiger partial charge in [-0.05, 0) is 24.6 Å². The standard InChI is InChI=1S/C13H14ClN3O/c1-9-15-13(18-16-9)11-7-17(8-11)6-10-2-4-12(14)5-3-10/h2-5,11H,6-8H2,1H3. The normalized spacial score (nSPS) is 16.8. The highest BCUT2D eigenvalue weighted by Crippen LogP contribution is 2.27. The summed E-state index contributed by atoms with van der Waals surface area (Å²) in [5.41, 5.74) is 1.28. The summed E-state index contributed by atoms with van der Waals surface area (Å²) in [6, 6.07) is 7.98. The van der Waals surface area contributed by atoms with E-state index in [0.29, 0.717) is 11.7 Å². The van der Waals surface area contributed by atoms with Crippen LogP contribution in [0.4, 0.5) is 0 Å². The van der Waals surface area contributed by atoms with Crippen LogP contribution < -0.4 is 0 Å². The van der Waals surface area contributed by atoms with Gasteiger partial charge >= 0.3 is 0 Å². The van der Waals surface area contributed by atoms with E-state index >= 15 is 0 Å². The van der Waals surface area contributed by atoms with E-state index in [1.807, 2.05) is 19.1 Å². The van der Waals surface area contributed by atoms with Crippen molar-refractivity contribution < 1.29 is 4.52 Å². The first-order valence-corrected chi connectivity index (χ1v) is 6.35. The molecule has 1 aliphatic heterocycles. The molecule has 0 atom stereocenters. The van der Waals surface area contributed by atoms with Crippen molar-refractivity contribution in [2.24, 2.45) is 0 Å². The van der Waals surface area contributed by atoms with E-state index < -0.39 is 0 Å². The molecule has 0 saturated carbocycles. The molecule has 1 aromatic carbocycles. The molecule has 94 valence electrons. The molecule has 18 heavy (non-hydrogen) atoms. The van der Waals surface area contributed by atoms with Crippen molar-refractivity contribution >= 4 is 11.6 Å². The van der Waals surface area contributed by atoms with Gasteiger partial charge in [0.05, 0.1) is 5.92 Å². The van der Waals surface area contributed by atoms with Gasteiger partial charge < -0.3 is 4.52 Å². The molecule has 1 fully saturated rings. The third kappa shape index (κ3) is 2.40. The molecular formula is C13H14ClN3O. The number of benzene rings is 1. The predicted octanol–water partition coefficient (Wildman–Crippen LogP) is 2.63. The Bertz CT molecular complexity index is 531. The van der Waals surface area contributed by atoms with E-state index in [4.69, 9.17) is 16.1 Å². The molecule has 0 radical (unpaired) electrons. The van der Waals surface area contributed by atoms with Crippen molar-refractivity contribution in [1.29, 1.82) is 0 Å². The third-order valence-electron chi connectivity index (χ3n) is 3.17. The van der Waals surface area contributed by atoms with Crippen LogP contribution in [0.1, 0.15) is 23.2 Å². The topological polar surface area (TPSA) is 42.2 Å². The lowest BCUT2D eigenvalue weighted by Gasteiger charge is -2.37. The second-order valence-corrected chi connectivity index (χ2v) is 5.13. The number of aromatic nitrogens is 2. The van der Waals surface area contributed by atoms with Gasteiger partial charge in [-0.1, -0.05) is 28.9 Å². The van der Waals surface area contributed by atoms with Crippen LogP contribution in [0.3, 0.4) is 0 Å². The lowest BCUT2D eigenvalue weighted by atomic mass is 9.99. The summed E-state index contributed by atoms with van der Waals surface area (Å²) in [6.07, 6.45) is 0. The second-order valence-electron chi connectivity index (χ2n) is 4.70. The van der Waals surface area contributed by atoms with Crippen molar-refractivity contribution in [2.45, 2.75) is 19.4 Å². The van der Waals surface area contributed by atoms with E-state index in [1.54, 1.807) is 0 Å².